The maximum atomic E-state index is 12.4. The van der Waals surface area contributed by atoms with E-state index in [1.807, 2.05) is 30.5 Å². The second kappa shape index (κ2) is 9.86. The van der Waals surface area contributed by atoms with Crippen molar-refractivity contribution in [3.05, 3.63) is 41.9 Å². The number of rotatable bonds is 8. The Hall–Kier alpha value is -3.01. The van der Waals surface area contributed by atoms with Crippen molar-refractivity contribution in [3.63, 3.8) is 0 Å². The quantitative estimate of drug-likeness (QED) is 0.393. The molecule has 0 radical (unpaired) electrons. The Morgan fingerprint density at radius 1 is 1.26 bits per heavy atom. The number of carbonyl (C=O) groups excluding carboxylic acids is 2. The van der Waals surface area contributed by atoms with Crippen LogP contribution in [0.2, 0.25) is 0 Å². The van der Waals surface area contributed by atoms with Crippen LogP contribution < -0.4 is 5.32 Å². The lowest BCUT2D eigenvalue weighted by molar-refractivity contribution is -0.139. The van der Waals surface area contributed by atoms with Crippen LogP contribution in [-0.2, 0) is 20.7 Å². The standard InChI is InChI=1S/C21H26N4O5S/c1-5-28-17(26)12-31-20-25-24-18(29-20)16(23-19(27)30-21(2,3)4)10-13-11-22-15-9-7-6-8-14(13)15/h6-9,11,16,22H,5,10,12H2,1-4H3,(H,23,27)/t16-/m0/s1. The van der Waals surface area contributed by atoms with Crippen LogP contribution in [0, 0.1) is 0 Å². The van der Waals surface area contributed by atoms with Crippen molar-refractivity contribution in [2.45, 2.75) is 51.0 Å². The molecule has 10 heteroatoms. The van der Waals surface area contributed by atoms with E-state index < -0.39 is 17.7 Å². The van der Waals surface area contributed by atoms with E-state index in [1.165, 1.54) is 0 Å². The zero-order valence-corrected chi connectivity index (χ0v) is 18.7. The number of benzene rings is 1. The van der Waals surface area contributed by atoms with Gasteiger partial charge in [0, 0.05) is 23.5 Å². The zero-order chi connectivity index (χ0) is 22.4. The van der Waals surface area contributed by atoms with Gasteiger partial charge in [-0.15, -0.1) is 10.2 Å². The van der Waals surface area contributed by atoms with E-state index in [0.717, 1.165) is 28.2 Å². The Bertz CT molecular complexity index is 1040. The third-order valence-corrected chi connectivity index (χ3v) is 4.92. The molecular weight excluding hydrogens is 420 g/mol. The Labute approximate surface area is 184 Å². The number of hydrogen-bond acceptors (Lipinski definition) is 8. The van der Waals surface area contributed by atoms with Gasteiger partial charge in [0.2, 0.25) is 5.89 Å². The predicted octanol–water partition coefficient (Wildman–Crippen LogP) is 4.01. The number of fused-ring (bicyclic) bond motifs is 1. The molecular formula is C21H26N4O5S. The van der Waals surface area contributed by atoms with Gasteiger partial charge in [0.05, 0.1) is 6.61 Å². The van der Waals surface area contributed by atoms with E-state index in [9.17, 15) is 9.59 Å². The lowest BCUT2D eigenvalue weighted by Gasteiger charge is -2.22. The minimum Gasteiger partial charge on any atom is -0.465 e. The van der Waals surface area contributed by atoms with Crippen LogP contribution in [0.3, 0.4) is 0 Å². The Morgan fingerprint density at radius 2 is 2.03 bits per heavy atom. The van der Waals surface area contributed by atoms with Crippen LogP contribution in [0.4, 0.5) is 4.79 Å². The summed E-state index contributed by atoms with van der Waals surface area (Å²) in [6, 6.07) is 7.27. The van der Waals surface area contributed by atoms with E-state index in [4.69, 9.17) is 13.9 Å². The number of amides is 1. The lowest BCUT2D eigenvalue weighted by atomic mass is 10.1. The zero-order valence-electron chi connectivity index (χ0n) is 17.9. The number of thioether (sulfide) groups is 1. The van der Waals surface area contributed by atoms with E-state index in [0.29, 0.717) is 13.0 Å². The second-order valence-corrected chi connectivity index (χ2v) is 8.69. The first-order valence-electron chi connectivity index (χ1n) is 9.91. The fraction of sp³-hybridized carbons (Fsp3) is 0.429. The molecule has 3 aromatic rings. The topological polar surface area (TPSA) is 119 Å². The normalized spacial score (nSPS) is 12.5. The van der Waals surface area contributed by atoms with Gasteiger partial charge < -0.3 is 24.2 Å². The number of aromatic nitrogens is 3. The highest BCUT2D eigenvalue weighted by molar-refractivity contribution is 7.99. The van der Waals surface area contributed by atoms with Crippen molar-refractivity contribution < 1.29 is 23.5 Å². The van der Waals surface area contributed by atoms with Crippen LogP contribution in [-0.4, -0.2) is 45.2 Å². The fourth-order valence-electron chi connectivity index (χ4n) is 2.91. The highest BCUT2D eigenvalue weighted by Gasteiger charge is 2.26. The molecule has 0 bridgehead atoms. The number of H-pyrrole nitrogens is 1. The summed E-state index contributed by atoms with van der Waals surface area (Å²) in [6.07, 6.45) is 1.71. The molecule has 3 rings (SSSR count). The molecule has 1 aromatic carbocycles. The van der Waals surface area contributed by atoms with E-state index >= 15 is 0 Å². The highest BCUT2D eigenvalue weighted by Crippen LogP contribution is 2.26. The first-order valence-corrected chi connectivity index (χ1v) is 10.9. The van der Waals surface area contributed by atoms with Gasteiger partial charge >= 0.3 is 12.1 Å². The summed E-state index contributed by atoms with van der Waals surface area (Å²) in [6.45, 7) is 7.42. The van der Waals surface area contributed by atoms with Crippen molar-refractivity contribution in [2.75, 3.05) is 12.4 Å². The molecule has 166 valence electrons. The molecule has 0 fully saturated rings. The van der Waals surface area contributed by atoms with Gasteiger partial charge in [0.15, 0.2) is 0 Å². The van der Waals surface area contributed by atoms with Crippen LogP contribution in [0.1, 0.15) is 45.2 Å². The molecule has 9 nitrogen and oxygen atoms in total. The third-order valence-electron chi connectivity index (χ3n) is 4.13. The summed E-state index contributed by atoms with van der Waals surface area (Å²) in [4.78, 5) is 27.2. The number of nitrogens with zero attached hydrogens (tertiary/aromatic N) is 2. The Kier molecular flexibility index (Phi) is 7.21. The Morgan fingerprint density at radius 3 is 2.77 bits per heavy atom. The Balaban J connectivity index is 1.79. The molecule has 0 spiro atoms. The van der Waals surface area contributed by atoms with Gasteiger partial charge in [0.25, 0.3) is 5.22 Å². The van der Waals surface area contributed by atoms with Crippen molar-refractivity contribution >= 4 is 34.7 Å². The van der Waals surface area contributed by atoms with E-state index in [2.05, 4.69) is 20.5 Å². The summed E-state index contributed by atoms with van der Waals surface area (Å²) in [5.41, 5.74) is 1.32. The number of esters is 1. The van der Waals surface area contributed by atoms with Crippen molar-refractivity contribution in [3.8, 4) is 0 Å². The molecule has 1 atom stereocenters. The lowest BCUT2D eigenvalue weighted by Crippen LogP contribution is -2.36. The first kappa shape index (κ1) is 22.7. The second-order valence-electron chi connectivity index (χ2n) is 7.76. The van der Waals surface area contributed by atoms with Gasteiger partial charge in [-0.1, -0.05) is 30.0 Å². The largest absolute Gasteiger partial charge is 0.465 e. The van der Waals surface area contributed by atoms with Crippen molar-refractivity contribution in [2.24, 2.45) is 0 Å². The molecule has 0 saturated carbocycles. The molecule has 2 aromatic heterocycles. The summed E-state index contributed by atoms with van der Waals surface area (Å²) < 4.78 is 16.0. The van der Waals surface area contributed by atoms with Gasteiger partial charge in [-0.3, -0.25) is 4.79 Å². The number of para-hydroxylation sites is 1. The molecule has 2 heterocycles. The smallest absolute Gasteiger partial charge is 0.408 e. The SMILES string of the molecule is CCOC(=O)CSc1nnc([C@H](Cc2c[nH]c3ccccc23)NC(=O)OC(C)(C)C)o1. The summed E-state index contributed by atoms with van der Waals surface area (Å²) >= 11 is 1.08. The van der Waals surface area contributed by atoms with E-state index in [1.54, 1.807) is 27.7 Å². The molecule has 31 heavy (non-hydrogen) atoms. The number of nitrogens with one attached hydrogen (secondary N) is 2. The predicted molar refractivity (Wildman–Crippen MR) is 116 cm³/mol. The van der Waals surface area contributed by atoms with Crippen LogP contribution in [0.15, 0.2) is 40.1 Å². The maximum Gasteiger partial charge on any atom is 0.408 e. The first-order chi connectivity index (χ1) is 14.7. The van der Waals surface area contributed by atoms with Gasteiger partial charge in [-0.05, 0) is 39.3 Å². The minimum atomic E-state index is -0.648. The van der Waals surface area contributed by atoms with Crippen molar-refractivity contribution in [1.82, 2.24) is 20.5 Å². The molecule has 1 amide bonds. The van der Waals surface area contributed by atoms with Crippen molar-refractivity contribution in [1.29, 1.82) is 0 Å². The molecule has 0 saturated heterocycles. The summed E-state index contributed by atoms with van der Waals surface area (Å²) in [5.74, 6) is -0.0841. The fourth-order valence-corrected chi connectivity index (χ4v) is 3.48. The molecule has 0 aliphatic heterocycles. The molecule has 0 aliphatic carbocycles. The van der Waals surface area contributed by atoms with Crippen LogP contribution in [0.25, 0.3) is 10.9 Å². The number of carbonyl (C=O) groups is 2. The monoisotopic (exact) mass is 446 g/mol. The van der Waals surface area contributed by atoms with Gasteiger partial charge in [-0.2, -0.15) is 0 Å². The van der Waals surface area contributed by atoms with Gasteiger partial charge in [0.1, 0.15) is 17.4 Å². The number of hydrogen-bond donors (Lipinski definition) is 2. The third kappa shape index (κ3) is 6.48. The maximum absolute atomic E-state index is 12.4. The molecule has 2 N–H and O–H groups in total. The van der Waals surface area contributed by atoms with Gasteiger partial charge in [-0.25, -0.2) is 4.79 Å². The van der Waals surface area contributed by atoms with Crippen LogP contribution >= 0.6 is 11.8 Å². The molecule has 0 unspecified atom stereocenters. The number of ether oxygens (including phenoxy) is 2. The number of alkyl carbamates (subject to hydrolysis) is 1. The highest BCUT2D eigenvalue weighted by atomic mass is 32.2. The summed E-state index contributed by atoms with van der Waals surface area (Å²) in [5, 5.41) is 12.1. The summed E-state index contributed by atoms with van der Waals surface area (Å²) in [7, 11) is 0. The van der Waals surface area contributed by atoms with Crippen LogP contribution in [0.5, 0.6) is 0 Å². The average molecular weight is 447 g/mol. The van der Waals surface area contributed by atoms with E-state index in [-0.39, 0.29) is 22.8 Å². The number of aromatic amines is 1. The minimum absolute atomic E-state index is 0.0576. The molecule has 0 aliphatic rings. The average Bonchev–Trinajstić information content (AvgIpc) is 3.32.